The molecule has 0 saturated carbocycles. The smallest absolute Gasteiger partial charge is 0.339 e. The Kier molecular flexibility index (Phi) is 9.06. The van der Waals surface area contributed by atoms with E-state index in [-0.39, 0.29) is 51.0 Å². The van der Waals surface area contributed by atoms with Crippen molar-refractivity contribution in [1.82, 2.24) is 10.2 Å². The third-order valence-corrected chi connectivity index (χ3v) is 8.12. The van der Waals surface area contributed by atoms with Crippen molar-refractivity contribution in [3.8, 4) is 5.75 Å². The van der Waals surface area contributed by atoms with Gasteiger partial charge < -0.3 is 25.8 Å². The van der Waals surface area contributed by atoms with Crippen molar-refractivity contribution in [1.29, 1.82) is 0 Å². The number of carboxylic acids is 1. The Balaban J connectivity index is 1.80. The van der Waals surface area contributed by atoms with Crippen LogP contribution in [0, 0.1) is 23.0 Å². The number of halogens is 4. The molecule has 4 N–H and O–H groups in total. The number of methoxy groups -OCH3 is 1. The molecule has 0 aromatic heterocycles. The Morgan fingerprint density at radius 3 is 2.48 bits per heavy atom. The van der Waals surface area contributed by atoms with Gasteiger partial charge in [0.2, 0.25) is 0 Å². The topological polar surface area (TPSA) is 105 Å². The van der Waals surface area contributed by atoms with Gasteiger partial charge in [0, 0.05) is 35.2 Å². The molecule has 1 saturated heterocycles. The predicted molar refractivity (Wildman–Crippen MR) is 158 cm³/mol. The number of rotatable bonds is 7. The summed E-state index contributed by atoms with van der Waals surface area (Å²) in [4.78, 5) is 26.7. The van der Waals surface area contributed by atoms with Gasteiger partial charge in [0.15, 0.2) is 0 Å². The Bertz CT molecular complexity index is 1510. The Morgan fingerprint density at radius 1 is 1.14 bits per heavy atom. The summed E-state index contributed by atoms with van der Waals surface area (Å²) in [5.41, 5.74) is 6.09. The molecule has 7 nitrogen and oxygen atoms in total. The zero-order valence-electron chi connectivity index (χ0n) is 23.7. The fraction of sp³-hybridized carbons (Fsp3) is 0.355. The minimum Gasteiger partial charge on any atom is -0.496 e. The van der Waals surface area contributed by atoms with E-state index in [1.807, 2.05) is 20.8 Å². The Hall–Kier alpha value is -3.40. The number of ether oxygens (including phenoxy) is 1. The molecular weight excluding hydrogens is 587 g/mol. The lowest BCUT2D eigenvalue weighted by molar-refractivity contribution is 0.0693. The van der Waals surface area contributed by atoms with Gasteiger partial charge in [-0.25, -0.2) is 18.4 Å². The van der Waals surface area contributed by atoms with Crippen LogP contribution in [-0.4, -0.2) is 35.7 Å². The maximum atomic E-state index is 15.7. The van der Waals surface area contributed by atoms with Gasteiger partial charge in [-0.3, -0.25) is 0 Å². The molecule has 1 heterocycles. The van der Waals surface area contributed by atoms with Crippen LogP contribution in [0.2, 0.25) is 10.0 Å². The van der Waals surface area contributed by atoms with Crippen LogP contribution in [0.3, 0.4) is 0 Å². The van der Waals surface area contributed by atoms with Gasteiger partial charge in [-0.2, -0.15) is 0 Å². The molecule has 1 fully saturated rings. The van der Waals surface area contributed by atoms with Crippen molar-refractivity contribution in [2.24, 2.45) is 17.1 Å². The van der Waals surface area contributed by atoms with E-state index in [4.69, 9.17) is 33.7 Å². The lowest BCUT2D eigenvalue weighted by Crippen LogP contribution is -2.50. The van der Waals surface area contributed by atoms with Gasteiger partial charge in [-0.15, -0.1) is 0 Å². The van der Waals surface area contributed by atoms with Crippen LogP contribution in [0.15, 0.2) is 54.6 Å². The molecule has 3 aromatic carbocycles. The molecule has 11 heteroatoms. The van der Waals surface area contributed by atoms with Crippen molar-refractivity contribution >= 4 is 35.2 Å². The minimum atomic E-state index is -1.56. The van der Waals surface area contributed by atoms with Crippen LogP contribution in [0.25, 0.3) is 0 Å². The number of carbonyl (C=O) groups is 2. The zero-order valence-corrected chi connectivity index (χ0v) is 25.2. The van der Waals surface area contributed by atoms with Crippen molar-refractivity contribution in [3.05, 3.63) is 98.5 Å². The highest BCUT2D eigenvalue weighted by molar-refractivity contribution is 6.31. The second-order valence-corrected chi connectivity index (χ2v) is 12.6. The highest BCUT2D eigenvalue weighted by Crippen LogP contribution is 2.53. The molecule has 42 heavy (non-hydrogen) atoms. The molecule has 3 aromatic rings. The van der Waals surface area contributed by atoms with Crippen LogP contribution in [0.1, 0.15) is 60.3 Å². The van der Waals surface area contributed by atoms with E-state index in [0.29, 0.717) is 12.0 Å². The first-order valence-electron chi connectivity index (χ1n) is 13.3. The summed E-state index contributed by atoms with van der Waals surface area (Å²) in [6, 6.07) is 11.4. The average Bonchev–Trinajstić information content (AvgIpc) is 3.19. The molecular formula is C31H33Cl2F2N3O4. The summed E-state index contributed by atoms with van der Waals surface area (Å²) in [6.45, 7) is 6.14. The third-order valence-electron chi connectivity index (χ3n) is 7.59. The number of carboxylic acid groups (broad SMARTS) is 1. The number of hydrogen-bond donors (Lipinski definition) is 3. The molecule has 0 radical (unpaired) electrons. The van der Waals surface area contributed by atoms with E-state index >= 15 is 8.78 Å². The van der Waals surface area contributed by atoms with Gasteiger partial charge in [-0.1, -0.05) is 68.2 Å². The van der Waals surface area contributed by atoms with E-state index in [1.54, 1.807) is 12.1 Å². The highest BCUT2D eigenvalue weighted by atomic mass is 35.5. The van der Waals surface area contributed by atoms with E-state index in [1.165, 1.54) is 48.4 Å². The van der Waals surface area contributed by atoms with Gasteiger partial charge in [0.1, 0.15) is 22.9 Å². The number of carbonyl (C=O) groups excluding carboxylic acids is 1. The molecule has 1 aliphatic heterocycles. The second kappa shape index (κ2) is 12.1. The summed E-state index contributed by atoms with van der Waals surface area (Å²) < 4.78 is 36.5. The first-order chi connectivity index (χ1) is 19.7. The maximum Gasteiger partial charge on any atom is 0.339 e. The number of likely N-dealkylation sites (tertiary alicyclic amines) is 1. The van der Waals surface area contributed by atoms with Crippen LogP contribution in [-0.2, 0) is 12.1 Å². The van der Waals surface area contributed by atoms with E-state index in [2.05, 4.69) is 5.32 Å². The van der Waals surface area contributed by atoms with Gasteiger partial charge in [0.05, 0.1) is 23.7 Å². The Labute approximate surface area is 253 Å². The molecule has 2 amide bonds. The minimum absolute atomic E-state index is 0.00710. The number of aromatic carboxylic acids is 1. The number of benzene rings is 3. The quantitative estimate of drug-likeness (QED) is 0.260. The van der Waals surface area contributed by atoms with Crippen LogP contribution in [0.4, 0.5) is 13.6 Å². The molecule has 0 spiro atoms. The lowest BCUT2D eigenvalue weighted by Gasteiger charge is -2.40. The van der Waals surface area contributed by atoms with Gasteiger partial charge in [0.25, 0.3) is 0 Å². The highest BCUT2D eigenvalue weighted by Gasteiger charge is 2.57. The molecule has 3 atom stereocenters. The van der Waals surface area contributed by atoms with Crippen molar-refractivity contribution in [3.63, 3.8) is 0 Å². The van der Waals surface area contributed by atoms with E-state index in [9.17, 15) is 14.7 Å². The summed E-state index contributed by atoms with van der Waals surface area (Å²) in [5.74, 6) is -2.92. The van der Waals surface area contributed by atoms with Crippen LogP contribution < -0.4 is 15.8 Å². The zero-order chi connectivity index (χ0) is 31.0. The summed E-state index contributed by atoms with van der Waals surface area (Å²) in [7, 11) is 1.35. The van der Waals surface area contributed by atoms with Crippen molar-refractivity contribution in [2.45, 2.75) is 45.3 Å². The fourth-order valence-corrected chi connectivity index (χ4v) is 6.15. The largest absolute Gasteiger partial charge is 0.496 e. The number of nitrogens with zero attached hydrogens (tertiary/aromatic N) is 1. The second-order valence-electron chi connectivity index (χ2n) is 11.7. The number of nitrogens with one attached hydrogen (secondary N) is 1. The Morgan fingerprint density at radius 2 is 1.86 bits per heavy atom. The third kappa shape index (κ3) is 6.19. The standard InChI is InChI=1S/C31H33Cl2F2N3O4/c1-30(2,3)14-18-16-38(29(41)37-15-17-8-10-20(28(39)40)25(12-17)42-4)27(21-6-5-7-23(33)26(21)35)31(18,36)22-11-9-19(32)13-24(22)34/h5-13,18,27H,14-16,36H2,1-4H3,(H,37,41)(H,39,40)/t18-,27-,31+/m1/s1. The average molecular weight is 621 g/mol. The van der Waals surface area contributed by atoms with Gasteiger partial charge >= 0.3 is 12.0 Å². The van der Waals surface area contributed by atoms with E-state index < -0.39 is 41.1 Å². The van der Waals surface area contributed by atoms with Crippen LogP contribution >= 0.6 is 23.2 Å². The monoisotopic (exact) mass is 619 g/mol. The summed E-state index contributed by atoms with van der Waals surface area (Å²) in [5, 5.41) is 12.2. The predicted octanol–water partition coefficient (Wildman–Crippen LogP) is 7.15. The van der Waals surface area contributed by atoms with Crippen LogP contribution in [0.5, 0.6) is 5.75 Å². The number of hydrogen-bond acceptors (Lipinski definition) is 4. The summed E-state index contributed by atoms with van der Waals surface area (Å²) in [6.07, 6.45) is 0.488. The summed E-state index contributed by atoms with van der Waals surface area (Å²) >= 11 is 12.2. The SMILES string of the molecule is COc1cc(CNC(=O)N2C[C@@H](CC(C)(C)C)[C@](N)(c3ccc(Cl)cc3F)[C@H]2c2cccc(Cl)c2F)ccc1C(=O)O. The maximum absolute atomic E-state index is 15.7. The van der Waals surface area contributed by atoms with E-state index in [0.717, 1.165) is 6.07 Å². The molecule has 1 aliphatic rings. The van der Waals surface area contributed by atoms with Gasteiger partial charge in [-0.05, 0) is 47.7 Å². The fourth-order valence-electron chi connectivity index (χ4n) is 5.81. The number of urea groups is 1. The first kappa shape index (κ1) is 31.5. The molecule has 4 rings (SSSR count). The lowest BCUT2D eigenvalue weighted by atomic mass is 9.69. The normalized spacial score (nSPS) is 20.5. The first-order valence-corrected chi connectivity index (χ1v) is 14.1. The number of amides is 2. The van der Waals surface area contributed by atoms with Crippen molar-refractivity contribution in [2.75, 3.05) is 13.7 Å². The molecule has 0 aliphatic carbocycles. The molecule has 0 unspecified atom stereocenters. The van der Waals surface area contributed by atoms with Crippen molar-refractivity contribution < 1.29 is 28.2 Å². The molecule has 224 valence electrons. The molecule has 0 bridgehead atoms. The number of nitrogens with two attached hydrogens (primary N) is 1.